The molecular formula is C12H18N4O2S. The molecule has 0 saturated carbocycles. The number of amides is 3. The lowest BCUT2D eigenvalue weighted by Gasteiger charge is -2.11. The number of carbonyl (C=O) groups excluding carboxylic acids is 2. The van der Waals surface area contributed by atoms with E-state index in [1.807, 2.05) is 0 Å². The highest BCUT2D eigenvalue weighted by molar-refractivity contribution is 7.17. The molecule has 2 rings (SSSR count). The standard InChI is InChI=1S/C12H18N4O2S/c13-5-6-15-12(18)16-11-9(10(14)17)7-3-1-2-4-8(7)19-11/h1-6,13H2,(H2,14,17)(H2,15,16,18). The lowest BCUT2D eigenvalue weighted by molar-refractivity contribution is 0.100. The van der Waals surface area contributed by atoms with Gasteiger partial charge in [-0.1, -0.05) is 0 Å². The van der Waals surface area contributed by atoms with Crippen LogP contribution in [0.25, 0.3) is 0 Å². The van der Waals surface area contributed by atoms with Gasteiger partial charge >= 0.3 is 6.03 Å². The molecule has 0 atom stereocenters. The van der Waals surface area contributed by atoms with Crippen molar-refractivity contribution in [2.75, 3.05) is 18.4 Å². The fourth-order valence-corrected chi connectivity index (χ4v) is 3.54. The number of nitrogens with two attached hydrogens (primary N) is 2. The van der Waals surface area contributed by atoms with Crippen LogP contribution in [0.2, 0.25) is 0 Å². The number of fused-ring (bicyclic) bond motifs is 1. The largest absolute Gasteiger partial charge is 0.365 e. The summed E-state index contributed by atoms with van der Waals surface area (Å²) in [5, 5.41) is 5.85. The van der Waals surface area contributed by atoms with E-state index in [0.717, 1.165) is 36.1 Å². The Morgan fingerprint density at radius 2 is 2.00 bits per heavy atom. The molecule has 1 aliphatic carbocycles. The molecule has 1 aromatic rings. The Morgan fingerprint density at radius 3 is 2.68 bits per heavy atom. The maximum atomic E-state index is 11.6. The zero-order valence-corrected chi connectivity index (χ0v) is 11.4. The van der Waals surface area contributed by atoms with Crippen molar-refractivity contribution >= 4 is 28.3 Å². The van der Waals surface area contributed by atoms with Gasteiger partial charge in [0.1, 0.15) is 5.00 Å². The number of hydrogen-bond acceptors (Lipinski definition) is 4. The summed E-state index contributed by atoms with van der Waals surface area (Å²) in [5.74, 6) is -0.478. The molecule has 0 spiro atoms. The summed E-state index contributed by atoms with van der Waals surface area (Å²) in [6, 6.07) is -0.355. The van der Waals surface area contributed by atoms with Crippen molar-refractivity contribution in [3.05, 3.63) is 16.0 Å². The molecule has 6 N–H and O–H groups in total. The third-order valence-electron chi connectivity index (χ3n) is 3.07. The number of anilines is 1. The summed E-state index contributed by atoms with van der Waals surface area (Å²) in [6.45, 7) is 0.764. The van der Waals surface area contributed by atoms with Crippen molar-refractivity contribution in [2.24, 2.45) is 11.5 Å². The summed E-state index contributed by atoms with van der Waals surface area (Å²) in [5.41, 5.74) is 12.2. The minimum Gasteiger partial charge on any atom is -0.365 e. The maximum absolute atomic E-state index is 11.6. The summed E-state index contributed by atoms with van der Waals surface area (Å²) in [7, 11) is 0. The number of hydrogen-bond donors (Lipinski definition) is 4. The Morgan fingerprint density at radius 1 is 1.26 bits per heavy atom. The van der Waals surface area contributed by atoms with E-state index in [1.165, 1.54) is 11.3 Å². The van der Waals surface area contributed by atoms with Gasteiger partial charge in [0.2, 0.25) is 0 Å². The van der Waals surface area contributed by atoms with Gasteiger partial charge < -0.3 is 16.8 Å². The van der Waals surface area contributed by atoms with Crippen LogP contribution in [0.1, 0.15) is 33.6 Å². The van der Waals surface area contributed by atoms with Crippen LogP contribution in [0.15, 0.2) is 0 Å². The third kappa shape index (κ3) is 3.05. The minimum absolute atomic E-state index is 0.355. The van der Waals surface area contributed by atoms with Gasteiger partial charge in [0.15, 0.2) is 0 Å². The van der Waals surface area contributed by atoms with E-state index < -0.39 is 5.91 Å². The predicted molar refractivity (Wildman–Crippen MR) is 75.6 cm³/mol. The van der Waals surface area contributed by atoms with Crippen LogP contribution in [0, 0.1) is 0 Å². The van der Waals surface area contributed by atoms with Gasteiger partial charge in [-0.15, -0.1) is 11.3 Å². The first kappa shape index (κ1) is 13.8. The molecule has 0 aliphatic heterocycles. The van der Waals surface area contributed by atoms with Crippen LogP contribution >= 0.6 is 11.3 Å². The van der Waals surface area contributed by atoms with Gasteiger partial charge in [-0.2, -0.15) is 0 Å². The first-order chi connectivity index (χ1) is 9.13. The first-order valence-electron chi connectivity index (χ1n) is 6.32. The number of thiophene rings is 1. The fraction of sp³-hybridized carbons (Fsp3) is 0.500. The van der Waals surface area contributed by atoms with E-state index in [-0.39, 0.29) is 6.03 Å². The topological polar surface area (TPSA) is 110 Å². The van der Waals surface area contributed by atoms with Crippen molar-refractivity contribution in [2.45, 2.75) is 25.7 Å². The monoisotopic (exact) mass is 282 g/mol. The number of urea groups is 1. The number of primary amides is 1. The number of nitrogens with one attached hydrogen (secondary N) is 2. The highest BCUT2D eigenvalue weighted by atomic mass is 32.1. The van der Waals surface area contributed by atoms with Gasteiger partial charge in [-0.3, -0.25) is 10.1 Å². The molecule has 104 valence electrons. The Balaban J connectivity index is 2.22. The van der Waals surface area contributed by atoms with Crippen molar-refractivity contribution in [3.8, 4) is 0 Å². The number of rotatable bonds is 4. The lowest BCUT2D eigenvalue weighted by atomic mass is 9.95. The van der Waals surface area contributed by atoms with Crippen LogP contribution in [-0.2, 0) is 12.8 Å². The second-order valence-electron chi connectivity index (χ2n) is 4.45. The zero-order chi connectivity index (χ0) is 13.8. The molecule has 19 heavy (non-hydrogen) atoms. The van der Waals surface area contributed by atoms with Gasteiger partial charge in [0.25, 0.3) is 5.91 Å². The van der Waals surface area contributed by atoms with Crippen molar-refractivity contribution in [1.29, 1.82) is 0 Å². The smallest absolute Gasteiger partial charge is 0.319 e. The van der Waals surface area contributed by atoms with Crippen molar-refractivity contribution in [1.82, 2.24) is 5.32 Å². The zero-order valence-electron chi connectivity index (χ0n) is 10.6. The quantitative estimate of drug-likeness (QED) is 0.655. The average Bonchev–Trinajstić information content (AvgIpc) is 2.74. The number of aryl methyl sites for hydroxylation is 1. The van der Waals surface area contributed by atoms with E-state index in [2.05, 4.69) is 10.6 Å². The van der Waals surface area contributed by atoms with Crippen LogP contribution in [0.5, 0.6) is 0 Å². The van der Waals surface area contributed by atoms with Gasteiger partial charge in [-0.05, 0) is 31.2 Å². The van der Waals surface area contributed by atoms with Gasteiger partial charge in [0.05, 0.1) is 5.56 Å². The van der Waals surface area contributed by atoms with E-state index in [1.54, 1.807) is 0 Å². The molecule has 7 heteroatoms. The molecule has 1 aliphatic rings. The Labute approximate surface area is 115 Å². The predicted octanol–water partition coefficient (Wildman–Crippen LogP) is 0.806. The molecule has 3 amide bonds. The Hall–Kier alpha value is -1.60. The van der Waals surface area contributed by atoms with Crippen molar-refractivity contribution in [3.63, 3.8) is 0 Å². The van der Waals surface area contributed by atoms with E-state index in [0.29, 0.717) is 23.7 Å². The SMILES string of the molecule is NCCNC(=O)Nc1sc2c(c1C(N)=O)CCCC2. The van der Waals surface area contributed by atoms with Gasteiger partial charge in [-0.25, -0.2) is 4.79 Å². The Bertz CT molecular complexity index is 498. The van der Waals surface area contributed by atoms with Gasteiger partial charge in [0, 0.05) is 18.0 Å². The Kier molecular flexibility index (Phi) is 4.39. The normalized spacial score (nSPS) is 13.7. The molecular weight excluding hydrogens is 264 g/mol. The molecule has 0 fully saturated rings. The molecule has 0 aromatic carbocycles. The molecule has 0 bridgehead atoms. The summed E-state index contributed by atoms with van der Waals surface area (Å²) in [6.07, 6.45) is 3.98. The average molecular weight is 282 g/mol. The second kappa shape index (κ2) is 6.03. The molecule has 0 radical (unpaired) electrons. The first-order valence-corrected chi connectivity index (χ1v) is 7.14. The van der Waals surface area contributed by atoms with E-state index >= 15 is 0 Å². The van der Waals surface area contributed by atoms with Crippen molar-refractivity contribution < 1.29 is 9.59 Å². The highest BCUT2D eigenvalue weighted by Gasteiger charge is 2.24. The van der Waals surface area contributed by atoms with E-state index in [9.17, 15) is 9.59 Å². The summed E-state index contributed by atoms with van der Waals surface area (Å²) < 4.78 is 0. The molecule has 1 heterocycles. The van der Waals surface area contributed by atoms with Crippen LogP contribution in [0.4, 0.5) is 9.80 Å². The molecule has 1 aromatic heterocycles. The number of carbonyl (C=O) groups is 2. The fourth-order valence-electron chi connectivity index (χ4n) is 2.25. The van der Waals surface area contributed by atoms with Crippen LogP contribution in [0.3, 0.4) is 0 Å². The maximum Gasteiger partial charge on any atom is 0.319 e. The summed E-state index contributed by atoms with van der Waals surface area (Å²) in [4.78, 5) is 24.4. The lowest BCUT2D eigenvalue weighted by Crippen LogP contribution is -2.33. The third-order valence-corrected chi connectivity index (χ3v) is 4.28. The molecule has 0 saturated heterocycles. The molecule has 0 unspecified atom stereocenters. The molecule has 6 nitrogen and oxygen atoms in total. The second-order valence-corrected chi connectivity index (χ2v) is 5.55. The van der Waals surface area contributed by atoms with E-state index in [4.69, 9.17) is 11.5 Å². The highest BCUT2D eigenvalue weighted by Crippen LogP contribution is 2.37. The minimum atomic E-state index is -0.478. The van der Waals surface area contributed by atoms with Crippen LogP contribution in [-0.4, -0.2) is 25.0 Å². The summed E-state index contributed by atoms with van der Waals surface area (Å²) >= 11 is 1.45. The van der Waals surface area contributed by atoms with Crippen LogP contribution < -0.4 is 22.1 Å².